The van der Waals surface area contributed by atoms with E-state index in [0.717, 1.165) is 42.7 Å². The first kappa shape index (κ1) is 19.6. The van der Waals surface area contributed by atoms with Crippen LogP contribution in [0.25, 0.3) is 33.6 Å². The van der Waals surface area contributed by atoms with Gasteiger partial charge in [0.25, 0.3) is 5.78 Å². The Bertz CT molecular complexity index is 1440. The number of aromatic nitrogens is 5. The molecule has 3 heterocycles. The molecule has 6 nitrogen and oxygen atoms in total. The number of hydrogen-bond donors (Lipinski definition) is 1. The van der Waals surface area contributed by atoms with Gasteiger partial charge in [0.15, 0.2) is 0 Å². The highest BCUT2D eigenvalue weighted by atomic mass is 127. The van der Waals surface area contributed by atoms with E-state index in [9.17, 15) is 0 Å². The molecule has 0 fully saturated rings. The maximum atomic E-state index is 4.84. The van der Waals surface area contributed by atoms with E-state index >= 15 is 0 Å². The largest absolute Gasteiger partial charge is 0.388 e. The second kappa shape index (κ2) is 8.07. The van der Waals surface area contributed by atoms with Gasteiger partial charge in [-0.1, -0.05) is 30.8 Å². The topological polar surface area (TPSA) is 68.0 Å². The van der Waals surface area contributed by atoms with E-state index in [2.05, 4.69) is 79.8 Å². The summed E-state index contributed by atoms with van der Waals surface area (Å²) < 4.78 is 2.93. The zero-order valence-electron chi connectivity index (χ0n) is 16.9. The summed E-state index contributed by atoms with van der Waals surface area (Å²) in [6.07, 6.45) is 6.14. The van der Waals surface area contributed by atoms with Gasteiger partial charge >= 0.3 is 0 Å². The van der Waals surface area contributed by atoms with Crippen molar-refractivity contribution in [2.75, 3.05) is 7.05 Å². The van der Waals surface area contributed by atoms with Crippen molar-refractivity contribution >= 4 is 45.0 Å². The average molecular weight is 518 g/mol. The van der Waals surface area contributed by atoms with Gasteiger partial charge in [-0.2, -0.15) is 5.10 Å². The van der Waals surface area contributed by atoms with Gasteiger partial charge in [-0.3, -0.25) is 4.98 Å². The molecule has 0 saturated carbocycles. The summed E-state index contributed by atoms with van der Waals surface area (Å²) in [6.45, 7) is 4.05. The van der Waals surface area contributed by atoms with Crippen LogP contribution in [0.15, 0.2) is 73.7 Å². The molecule has 31 heavy (non-hydrogen) atoms. The van der Waals surface area contributed by atoms with E-state index < -0.39 is 0 Å². The Morgan fingerprint density at radius 2 is 1.94 bits per heavy atom. The van der Waals surface area contributed by atoms with Crippen LogP contribution in [0.3, 0.4) is 0 Å². The summed E-state index contributed by atoms with van der Waals surface area (Å²) in [5.74, 6) is 0.594. The highest BCUT2D eigenvalue weighted by molar-refractivity contribution is 14.1. The lowest BCUT2D eigenvalue weighted by Crippen LogP contribution is -2.05. The van der Waals surface area contributed by atoms with Crippen LogP contribution in [0.1, 0.15) is 16.8 Å². The van der Waals surface area contributed by atoms with Crippen molar-refractivity contribution in [2.24, 2.45) is 0 Å². The number of rotatable bonds is 5. The molecule has 0 amide bonds. The number of pyridine rings is 1. The fourth-order valence-electron chi connectivity index (χ4n) is 3.57. The zero-order chi connectivity index (χ0) is 21.4. The van der Waals surface area contributed by atoms with Gasteiger partial charge in [0, 0.05) is 45.4 Å². The fraction of sp³-hybridized carbons (Fsp3) is 0.0833. The van der Waals surface area contributed by atoms with Crippen LogP contribution in [0.2, 0.25) is 0 Å². The van der Waals surface area contributed by atoms with Crippen LogP contribution in [0.5, 0.6) is 0 Å². The maximum Gasteiger partial charge on any atom is 0.250 e. The van der Waals surface area contributed by atoms with Crippen LogP contribution in [-0.2, 0) is 6.42 Å². The molecule has 1 N–H and O–H groups in total. The van der Waals surface area contributed by atoms with Crippen LogP contribution in [0, 0.1) is 3.57 Å². The first-order chi connectivity index (χ1) is 15.1. The molecule has 5 aromatic rings. The Kier molecular flexibility index (Phi) is 5.11. The second-order valence-corrected chi connectivity index (χ2v) is 8.40. The number of fused-ring (bicyclic) bond motifs is 2. The first-order valence-electron chi connectivity index (χ1n) is 9.82. The summed E-state index contributed by atoms with van der Waals surface area (Å²) in [5, 5.41) is 9.06. The lowest BCUT2D eigenvalue weighted by molar-refractivity contribution is 0.854. The van der Waals surface area contributed by atoms with Gasteiger partial charge in [-0.05, 0) is 52.4 Å². The van der Waals surface area contributed by atoms with E-state index in [0.29, 0.717) is 12.2 Å². The summed E-state index contributed by atoms with van der Waals surface area (Å²) >= 11 is 2.32. The van der Waals surface area contributed by atoms with Gasteiger partial charge in [-0.15, -0.1) is 0 Å². The van der Waals surface area contributed by atoms with Crippen molar-refractivity contribution < 1.29 is 0 Å². The van der Waals surface area contributed by atoms with Crippen molar-refractivity contribution in [3.8, 4) is 11.3 Å². The van der Waals surface area contributed by atoms with E-state index in [1.165, 1.54) is 5.56 Å². The molecule has 2 aromatic carbocycles. The summed E-state index contributed by atoms with van der Waals surface area (Å²) in [7, 11) is 1.87. The molecule has 0 aliphatic heterocycles. The molecule has 0 bridgehead atoms. The van der Waals surface area contributed by atoms with Gasteiger partial charge in [0.2, 0.25) is 0 Å². The fourth-order valence-corrected chi connectivity index (χ4v) is 4.41. The van der Waals surface area contributed by atoms with Gasteiger partial charge in [-0.25, -0.2) is 14.5 Å². The third-order valence-electron chi connectivity index (χ3n) is 5.24. The lowest BCUT2D eigenvalue weighted by Gasteiger charge is -2.10. The number of nitrogens with one attached hydrogen (secondary N) is 1. The molecule has 152 valence electrons. The molecule has 3 aromatic heterocycles. The Hall–Kier alpha value is -3.33. The van der Waals surface area contributed by atoms with E-state index in [-0.39, 0.29) is 0 Å². The molecule has 0 radical (unpaired) electrons. The predicted molar refractivity (Wildman–Crippen MR) is 132 cm³/mol. The van der Waals surface area contributed by atoms with E-state index in [4.69, 9.17) is 5.10 Å². The van der Waals surface area contributed by atoms with Gasteiger partial charge < -0.3 is 5.32 Å². The Balaban J connectivity index is 1.51. The molecule has 0 aliphatic carbocycles. The number of benzene rings is 2. The van der Waals surface area contributed by atoms with Gasteiger partial charge in [0.1, 0.15) is 5.69 Å². The van der Waals surface area contributed by atoms with Crippen molar-refractivity contribution in [1.82, 2.24) is 29.9 Å². The molecule has 0 saturated heterocycles. The van der Waals surface area contributed by atoms with Crippen molar-refractivity contribution in [1.29, 1.82) is 0 Å². The Labute approximate surface area is 193 Å². The van der Waals surface area contributed by atoms with Crippen LogP contribution in [0.4, 0.5) is 0 Å². The zero-order valence-corrected chi connectivity index (χ0v) is 19.0. The highest BCUT2D eigenvalue weighted by Gasteiger charge is 2.11. The number of halogens is 1. The molecule has 5 rings (SSSR count). The maximum absolute atomic E-state index is 4.84. The molecular weight excluding hydrogens is 499 g/mol. The number of hydrogen-bond acceptors (Lipinski definition) is 5. The van der Waals surface area contributed by atoms with Gasteiger partial charge in [0.05, 0.1) is 23.6 Å². The van der Waals surface area contributed by atoms with E-state index in [1.807, 2.05) is 42.2 Å². The Morgan fingerprint density at radius 1 is 1.06 bits per heavy atom. The lowest BCUT2D eigenvalue weighted by atomic mass is 10.1. The quantitative estimate of drug-likeness (QED) is 0.341. The van der Waals surface area contributed by atoms with E-state index in [1.54, 1.807) is 6.20 Å². The molecular formula is C24H19IN6. The first-order valence-corrected chi connectivity index (χ1v) is 10.9. The summed E-state index contributed by atoms with van der Waals surface area (Å²) in [5.41, 5.74) is 6.93. The van der Waals surface area contributed by atoms with Crippen LogP contribution >= 0.6 is 22.6 Å². The highest BCUT2D eigenvalue weighted by Crippen LogP contribution is 2.25. The molecule has 7 heteroatoms. The van der Waals surface area contributed by atoms with Crippen molar-refractivity contribution in [3.05, 3.63) is 94.1 Å². The molecule has 0 unspecified atom stereocenters. The summed E-state index contributed by atoms with van der Waals surface area (Å²) in [6, 6.07) is 16.5. The Morgan fingerprint density at radius 3 is 2.77 bits per heavy atom. The minimum Gasteiger partial charge on any atom is -0.388 e. The van der Waals surface area contributed by atoms with Crippen LogP contribution < -0.4 is 5.32 Å². The third kappa shape index (κ3) is 3.76. The van der Waals surface area contributed by atoms with Crippen molar-refractivity contribution in [2.45, 2.75) is 6.42 Å². The normalized spacial score (nSPS) is 11.2. The summed E-state index contributed by atoms with van der Waals surface area (Å²) in [4.78, 5) is 13.3. The minimum atomic E-state index is 0.594. The number of nitrogens with zero attached hydrogens (tertiary/aromatic N) is 5. The number of imidazole rings is 1. The third-order valence-corrected chi connectivity index (χ3v) is 6.14. The molecule has 0 atom stereocenters. The second-order valence-electron chi connectivity index (χ2n) is 7.24. The minimum absolute atomic E-state index is 0.594. The smallest absolute Gasteiger partial charge is 0.250 e. The standard InChI is InChI=1S/C24H19IN6/c1-15(26-2)20-7-6-18(12-21(20)25)23-14-29-24-28-13-19(31(24)30-23)11-16-5-8-22-17(10-16)4-3-9-27-22/h3-10,12-14,26H,1,11H2,2H3. The van der Waals surface area contributed by atoms with Crippen molar-refractivity contribution in [3.63, 3.8) is 0 Å². The SMILES string of the molecule is C=C(NC)c1ccc(-c2cnc3ncc(Cc4ccc5ncccc5c4)n3n2)cc1I. The monoisotopic (exact) mass is 518 g/mol. The molecule has 0 aliphatic rings. The molecule has 0 spiro atoms. The van der Waals surface area contributed by atoms with Crippen LogP contribution in [-0.4, -0.2) is 31.6 Å². The average Bonchev–Trinajstić information content (AvgIpc) is 3.20. The predicted octanol–water partition coefficient (Wildman–Crippen LogP) is 4.73.